The number of hydrogen-bond acceptors (Lipinski definition) is 5. The Hall–Kier alpha value is -3.45. The fraction of sp³-hybridized carbons (Fsp3) is 0.346. The van der Waals surface area contributed by atoms with Gasteiger partial charge in [0, 0.05) is 19.1 Å². The first-order valence-corrected chi connectivity index (χ1v) is 11.5. The predicted molar refractivity (Wildman–Crippen MR) is 127 cm³/mol. The van der Waals surface area contributed by atoms with Gasteiger partial charge in [0.05, 0.1) is 13.1 Å². The molecule has 1 heterocycles. The lowest BCUT2D eigenvalue weighted by Crippen LogP contribution is -2.44. The van der Waals surface area contributed by atoms with Gasteiger partial charge in [0.1, 0.15) is 11.4 Å². The molecule has 2 N–H and O–H groups in total. The van der Waals surface area contributed by atoms with Gasteiger partial charge in [0.25, 0.3) is 5.56 Å². The Morgan fingerprint density at radius 2 is 1.73 bits per heavy atom. The number of carbonyl (C=O) groups is 1. The van der Waals surface area contributed by atoms with Crippen molar-refractivity contribution in [2.75, 3.05) is 12.3 Å². The Morgan fingerprint density at radius 3 is 2.45 bits per heavy atom. The molecular weight excluding hydrogens is 416 g/mol. The van der Waals surface area contributed by atoms with Gasteiger partial charge in [-0.15, -0.1) is 0 Å². The van der Waals surface area contributed by atoms with Crippen molar-refractivity contribution in [3.63, 3.8) is 0 Å². The molecule has 7 heteroatoms. The molecule has 0 spiro atoms. The second-order valence-corrected chi connectivity index (χ2v) is 9.06. The maximum atomic E-state index is 13.5. The average molecular weight is 445 g/mol. The number of ketones is 1. The quantitative estimate of drug-likeness (QED) is 0.566. The van der Waals surface area contributed by atoms with Crippen LogP contribution in [-0.2, 0) is 20.0 Å². The van der Waals surface area contributed by atoms with Crippen molar-refractivity contribution in [1.82, 2.24) is 14.0 Å². The first-order valence-electron chi connectivity index (χ1n) is 11.5. The number of nitrogen functional groups attached to an aromatic ring is 1. The van der Waals surface area contributed by atoms with E-state index < -0.39 is 11.2 Å². The van der Waals surface area contributed by atoms with Crippen LogP contribution in [0.5, 0.6) is 0 Å². The molecule has 170 valence electrons. The van der Waals surface area contributed by atoms with Gasteiger partial charge in [-0.2, -0.15) is 0 Å². The summed E-state index contributed by atoms with van der Waals surface area (Å²) < 4.78 is 2.30. The van der Waals surface area contributed by atoms with E-state index in [2.05, 4.69) is 17.0 Å². The highest BCUT2D eigenvalue weighted by Crippen LogP contribution is 2.41. The topological polar surface area (TPSA) is 90.3 Å². The average Bonchev–Trinajstić information content (AvgIpc) is 3.58. The Balaban J connectivity index is 1.49. The summed E-state index contributed by atoms with van der Waals surface area (Å²) in [5, 5.41) is 0. The minimum absolute atomic E-state index is 0.0560. The van der Waals surface area contributed by atoms with Gasteiger partial charge in [-0.25, -0.2) is 4.79 Å². The van der Waals surface area contributed by atoms with E-state index in [0.717, 1.165) is 35.8 Å². The molecule has 33 heavy (non-hydrogen) atoms. The van der Waals surface area contributed by atoms with Gasteiger partial charge >= 0.3 is 5.69 Å². The number of Topliss-reactive ketones (excluding diaryl/α,β-unsaturated/α-hetero) is 1. The number of hydrogen-bond donors (Lipinski definition) is 1. The van der Waals surface area contributed by atoms with Gasteiger partial charge in [-0.05, 0) is 42.4 Å². The minimum Gasteiger partial charge on any atom is -0.384 e. The summed E-state index contributed by atoms with van der Waals surface area (Å²) in [6.45, 7) is 0.314. The molecule has 0 bridgehead atoms. The predicted octanol–water partition coefficient (Wildman–Crippen LogP) is 2.51. The first-order chi connectivity index (χ1) is 16.0. The van der Waals surface area contributed by atoms with Gasteiger partial charge in [-0.3, -0.25) is 23.6 Å². The fourth-order valence-corrected chi connectivity index (χ4v) is 4.99. The largest absolute Gasteiger partial charge is 0.384 e. The van der Waals surface area contributed by atoms with E-state index in [-0.39, 0.29) is 36.3 Å². The molecule has 2 aliphatic carbocycles. The number of fused-ring (bicyclic) bond motifs is 1. The number of rotatable bonds is 7. The molecule has 0 amide bonds. The summed E-state index contributed by atoms with van der Waals surface area (Å²) in [6.07, 6.45) is 4.05. The van der Waals surface area contributed by atoms with Crippen LogP contribution in [0.15, 0.2) is 64.2 Å². The zero-order valence-corrected chi connectivity index (χ0v) is 18.7. The summed E-state index contributed by atoms with van der Waals surface area (Å²) in [6, 6.07) is 18.3. The van der Waals surface area contributed by atoms with E-state index >= 15 is 0 Å². The van der Waals surface area contributed by atoms with E-state index in [1.54, 1.807) is 0 Å². The van der Waals surface area contributed by atoms with Crippen LogP contribution < -0.4 is 17.0 Å². The molecule has 7 nitrogen and oxygen atoms in total. The lowest BCUT2D eigenvalue weighted by Gasteiger charge is -2.29. The molecular formula is C26H28N4O3. The lowest BCUT2D eigenvalue weighted by molar-refractivity contribution is 0.0876. The highest BCUT2D eigenvalue weighted by atomic mass is 16.2. The molecule has 2 aliphatic rings. The van der Waals surface area contributed by atoms with E-state index in [1.807, 2.05) is 42.5 Å². The number of aryl methyl sites for hydroxylation is 1. The maximum absolute atomic E-state index is 13.5. The number of nitrogens with two attached hydrogens (primary N) is 1. The van der Waals surface area contributed by atoms with Gasteiger partial charge < -0.3 is 5.73 Å². The van der Waals surface area contributed by atoms with Crippen molar-refractivity contribution in [3.8, 4) is 0 Å². The van der Waals surface area contributed by atoms with Crippen LogP contribution in [0.3, 0.4) is 0 Å². The zero-order valence-electron chi connectivity index (χ0n) is 18.7. The molecule has 1 fully saturated rings. The number of anilines is 1. The molecule has 1 atom stereocenters. The number of benzene rings is 2. The molecule has 1 aromatic heterocycles. The second-order valence-electron chi connectivity index (χ2n) is 9.06. The van der Waals surface area contributed by atoms with Gasteiger partial charge in [-0.1, -0.05) is 54.6 Å². The van der Waals surface area contributed by atoms with Crippen LogP contribution in [0.25, 0.3) is 0 Å². The van der Waals surface area contributed by atoms with Crippen LogP contribution >= 0.6 is 0 Å². The van der Waals surface area contributed by atoms with Crippen molar-refractivity contribution in [3.05, 3.63) is 97.7 Å². The summed E-state index contributed by atoms with van der Waals surface area (Å²) >= 11 is 0. The van der Waals surface area contributed by atoms with Crippen molar-refractivity contribution in [1.29, 1.82) is 0 Å². The number of nitrogens with zero attached hydrogens (tertiary/aromatic N) is 3. The van der Waals surface area contributed by atoms with E-state index in [9.17, 15) is 14.4 Å². The maximum Gasteiger partial charge on any atom is 0.332 e. The fourth-order valence-electron chi connectivity index (χ4n) is 4.99. The number of aromatic nitrogens is 2. The molecule has 0 saturated heterocycles. The van der Waals surface area contributed by atoms with Crippen LogP contribution in [0, 0.1) is 0 Å². The lowest BCUT2D eigenvalue weighted by atomic mass is 10.1. The third kappa shape index (κ3) is 3.93. The third-order valence-corrected chi connectivity index (χ3v) is 6.89. The van der Waals surface area contributed by atoms with Crippen molar-refractivity contribution in [2.24, 2.45) is 7.05 Å². The SMILES string of the molecule is Cn1c(=O)c(C(=O)CN(C2CC2)C2CCc3ccccc32)c(N)n(Cc2ccccc2)c1=O. The Bertz CT molecular complexity index is 1320. The molecule has 1 unspecified atom stereocenters. The summed E-state index contributed by atoms with van der Waals surface area (Å²) in [5.41, 5.74) is 8.52. The van der Waals surface area contributed by atoms with E-state index in [4.69, 9.17) is 5.73 Å². The van der Waals surface area contributed by atoms with Crippen LogP contribution in [0.2, 0.25) is 0 Å². The molecule has 0 aliphatic heterocycles. The second kappa shape index (κ2) is 8.48. The van der Waals surface area contributed by atoms with Crippen molar-refractivity contribution in [2.45, 2.75) is 44.3 Å². The van der Waals surface area contributed by atoms with E-state index in [0.29, 0.717) is 6.04 Å². The van der Waals surface area contributed by atoms with Crippen LogP contribution in [0.4, 0.5) is 5.82 Å². The molecule has 0 radical (unpaired) electrons. The smallest absolute Gasteiger partial charge is 0.332 e. The Morgan fingerprint density at radius 1 is 1.03 bits per heavy atom. The van der Waals surface area contributed by atoms with Crippen molar-refractivity contribution >= 4 is 11.6 Å². The molecule has 1 saturated carbocycles. The van der Waals surface area contributed by atoms with Crippen LogP contribution in [0.1, 0.15) is 52.4 Å². The molecule has 3 aromatic rings. The van der Waals surface area contributed by atoms with Crippen LogP contribution in [-0.4, -0.2) is 32.4 Å². The van der Waals surface area contributed by atoms with Crippen molar-refractivity contribution < 1.29 is 4.79 Å². The summed E-state index contributed by atoms with van der Waals surface area (Å²) in [4.78, 5) is 41.5. The number of carbonyl (C=O) groups excluding carboxylic acids is 1. The van der Waals surface area contributed by atoms with E-state index in [1.165, 1.54) is 22.7 Å². The Kier molecular flexibility index (Phi) is 5.50. The minimum atomic E-state index is -0.630. The highest BCUT2D eigenvalue weighted by Gasteiger charge is 2.39. The summed E-state index contributed by atoms with van der Waals surface area (Å²) in [5.74, 6) is -0.384. The van der Waals surface area contributed by atoms with Gasteiger partial charge in [0.2, 0.25) is 0 Å². The standard InChI is InChI=1S/C26H28N4O3/c1-28-25(32)23(24(27)30(26(28)33)15-17-7-3-2-4-8-17)22(31)16-29(19-12-13-19)21-14-11-18-9-5-6-10-20(18)21/h2-10,19,21H,11-16,27H2,1H3. The third-order valence-electron chi connectivity index (χ3n) is 6.89. The first kappa shape index (κ1) is 21.4. The monoisotopic (exact) mass is 444 g/mol. The zero-order chi connectivity index (χ0) is 23.1. The van der Waals surface area contributed by atoms with Gasteiger partial charge in [0.15, 0.2) is 5.78 Å². The highest BCUT2D eigenvalue weighted by molar-refractivity contribution is 6.01. The molecule has 2 aromatic carbocycles. The Labute approximate surface area is 192 Å². The molecule has 5 rings (SSSR count). The summed E-state index contributed by atoms with van der Waals surface area (Å²) in [7, 11) is 1.40. The normalized spacial score (nSPS) is 17.3.